The molecule has 0 radical (unpaired) electrons. The average molecular weight is 408 g/mol. The van der Waals surface area contributed by atoms with Gasteiger partial charge in [-0.05, 0) is 57.9 Å². The van der Waals surface area contributed by atoms with Gasteiger partial charge in [0.15, 0.2) is 0 Å². The molecule has 6 N–H and O–H groups in total. The van der Waals surface area contributed by atoms with E-state index in [0.29, 0.717) is 48.7 Å². The van der Waals surface area contributed by atoms with Gasteiger partial charge in [0, 0.05) is 37.7 Å². The van der Waals surface area contributed by atoms with Crippen LogP contribution in [0.3, 0.4) is 0 Å². The molecular weight excluding hydrogens is 366 g/mol. The van der Waals surface area contributed by atoms with Crippen LogP contribution in [0.2, 0.25) is 0 Å². The predicted octanol–water partition coefficient (Wildman–Crippen LogP) is 0.477. The highest BCUT2D eigenvalue weighted by Crippen LogP contribution is 2.45. The Labute approximate surface area is 175 Å². The van der Waals surface area contributed by atoms with Crippen LogP contribution < -0.4 is 26.6 Å². The van der Waals surface area contributed by atoms with Gasteiger partial charge in [-0.2, -0.15) is 0 Å². The van der Waals surface area contributed by atoms with Gasteiger partial charge in [0.1, 0.15) is 6.29 Å². The van der Waals surface area contributed by atoms with Gasteiger partial charge in [-0.1, -0.05) is 18.6 Å². The van der Waals surface area contributed by atoms with Gasteiger partial charge in [0.2, 0.25) is 0 Å². The van der Waals surface area contributed by atoms with E-state index in [1.165, 1.54) is 12.0 Å². The van der Waals surface area contributed by atoms with Crippen LogP contribution in [-0.4, -0.2) is 68.6 Å². The number of nitrogens with one attached hydrogen (secondary N) is 5. The van der Waals surface area contributed by atoms with E-state index in [1.54, 1.807) is 0 Å². The van der Waals surface area contributed by atoms with Gasteiger partial charge < -0.3 is 20.5 Å². The largest absolute Gasteiger partial charge is 0.391 e. The minimum Gasteiger partial charge on any atom is -0.391 e. The standard InChI is InChI=1S/C22H41N5O2/c1-13-9-19(23-3)27-22(25-13)26-18-11-16-5-4-8-29-21(16)20(14(18)2)15-6-7-24-12-17(28)10-15/h6,13-14,16-28H,4-5,7-12H2,1-3H3/t13?,14?,16?,17-,18?,19?,20?,21?,22?/m1/s1. The van der Waals surface area contributed by atoms with E-state index in [2.05, 4.69) is 46.5 Å². The number of β-amino-alcohol motifs (C(OH)–C–C–N with tert-alkyl or cyclic N) is 1. The lowest BCUT2D eigenvalue weighted by atomic mass is 9.64. The summed E-state index contributed by atoms with van der Waals surface area (Å²) in [6.07, 6.45) is 8.18. The molecule has 1 saturated carbocycles. The number of hydrogen-bond acceptors (Lipinski definition) is 7. The van der Waals surface area contributed by atoms with Crippen molar-refractivity contribution in [2.75, 3.05) is 26.7 Å². The monoisotopic (exact) mass is 407 g/mol. The van der Waals surface area contributed by atoms with Crippen LogP contribution >= 0.6 is 0 Å². The first-order chi connectivity index (χ1) is 14.0. The molecule has 8 unspecified atom stereocenters. The summed E-state index contributed by atoms with van der Waals surface area (Å²) in [5.41, 5.74) is 1.39. The molecule has 7 nitrogen and oxygen atoms in total. The van der Waals surface area contributed by atoms with E-state index in [4.69, 9.17) is 4.74 Å². The number of rotatable bonds is 4. The van der Waals surface area contributed by atoms with Gasteiger partial charge in [-0.3, -0.25) is 16.0 Å². The molecule has 0 amide bonds. The van der Waals surface area contributed by atoms with Crippen molar-refractivity contribution < 1.29 is 9.84 Å². The molecule has 0 aromatic heterocycles. The summed E-state index contributed by atoms with van der Waals surface area (Å²) < 4.78 is 6.37. The summed E-state index contributed by atoms with van der Waals surface area (Å²) in [7, 11) is 2.02. The van der Waals surface area contributed by atoms with Crippen molar-refractivity contribution >= 4 is 0 Å². The lowest BCUT2D eigenvalue weighted by molar-refractivity contribution is -0.0977. The minimum absolute atomic E-state index is 0.112. The smallest absolute Gasteiger partial charge is 0.113 e. The summed E-state index contributed by atoms with van der Waals surface area (Å²) in [5, 5.41) is 28.3. The zero-order valence-electron chi connectivity index (χ0n) is 18.3. The fourth-order valence-electron chi connectivity index (χ4n) is 6.06. The Morgan fingerprint density at radius 2 is 2.07 bits per heavy atom. The summed E-state index contributed by atoms with van der Waals surface area (Å²) in [6, 6.07) is 0.891. The van der Waals surface area contributed by atoms with E-state index in [9.17, 15) is 5.11 Å². The molecule has 4 rings (SSSR count). The van der Waals surface area contributed by atoms with Gasteiger partial charge >= 0.3 is 0 Å². The Morgan fingerprint density at radius 3 is 2.90 bits per heavy atom. The third kappa shape index (κ3) is 5.03. The molecular formula is C22H41N5O2. The third-order valence-electron chi connectivity index (χ3n) is 7.53. The van der Waals surface area contributed by atoms with Crippen molar-refractivity contribution in [1.82, 2.24) is 26.6 Å². The lowest BCUT2D eigenvalue weighted by Gasteiger charge is -2.50. The molecule has 0 aromatic rings. The maximum atomic E-state index is 10.4. The SMILES string of the molecule is CNC1CC(C)NC(NC2CC3CCCOC3C(C3=CCNC[C@H](O)C3)C2C)N1. The van der Waals surface area contributed by atoms with Crippen molar-refractivity contribution in [3.63, 3.8) is 0 Å². The van der Waals surface area contributed by atoms with Crippen molar-refractivity contribution in [2.24, 2.45) is 17.8 Å². The summed E-state index contributed by atoms with van der Waals surface area (Å²) in [6.45, 7) is 7.03. The fourth-order valence-corrected chi connectivity index (χ4v) is 6.06. The number of aliphatic hydroxyl groups is 1. The van der Waals surface area contributed by atoms with Crippen molar-refractivity contribution in [3.05, 3.63) is 11.6 Å². The van der Waals surface area contributed by atoms with E-state index in [1.807, 2.05) is 7.05 Å². The zero-order chi connectivity index (χ0) is 20.4. The summed E-state index contributed by atoms with van der Waals surface area (Å²) in [4.78, 5) is 0. The van der Waals surface area contributed by atoms with E-state index < -0.39 is 0 Å². The first-order valence-corrected chi connectivity index (χ1v) is 11.7. The molecule has 0 bridgehead atoms. The van der Waals surface area contributed by atoms with Crippen LogP contribution in [0.1, 0.15) is 46.0 Å². The first-order valence-electron chi connectivity index (χ1n) is 11.7. The topological polar surface area (TPSA) is 89.6 Å². The second-order valence-electron chi connectivity index (χ2n) is 9.67. The highest BCUT2D eigenvalue weighted by atomic mass is 16.5. The molecule has 4 aliphatic rings. The zero-order valence-corrected chi connectivity index (χ0v) is 18.3. The Morgan fingerprint density at radius 1 is 1.21 bits per heavy atom. The van der Waals surface area contributed by atoms with Crippen LogP contribution in [0, 0.1) is 17.8 Å². The Balaban J connectivity index is 1.52. The third-order valence-corrected chi connectivity index (χ3v) is 7.53. The number of fused-ring (bicyclic) bond motifs is 1. The molecule has 3 heterocycles. The van der Waals surface area contributed by atoms with Crippen LogP contribution in [-0.2, 0) is 4.74 Å². The molecule has 2 saturated heterocycles. The molecule has 1 aliphatic carbocycles. The Bertz CT molecular complexity index is 573. The maximum Gasteiger partial charge on any atom is 0.113 e. The molecule has 166 valence electrons. The van der Waals surface area contributed by atoms with Crippen LogP contribution in [0.4, 0.5) is 0 Å². The molecule has 0 aromatic carbocycles. The molecule has 9 atom stereocenters. The Kier molecular flexibility index (Phi) is 7.27. The molecule has 0 spiro atoms. The minimum atomic E-state index is -0.301. The second kappa shape index (κ2) is 9.73. The quantitative estimate of drug-likeness (QED) is 0.378. The van der Waals surface area contributed by atoms with Crippen molar-refractivity contribution in [3.8, 4) is 0 Å². The lowest BCUT2D eigenvalue weighted by Crippen LogP contribution is -2.69. The van der Waals surface area contributed by atoms with Gasteiger partial charge in [-0.25, -0.2) is 0 Å². The number of hydrogen-bond donors (Lipinski definition) is 6. The second-order valence-corrected chi connectivity index (χ2v) is 9.67. The highest BCUT2D eigenvalue weighted by Gasteiger charge is 2.46. The molecule has 7 heteroatoms. The van der Waals surface area contributed by atoms with Crippen molar-refractivity contribution in [2.45, 2.75) is 82.7 Å². The summed E-state index contributed by atoms with van der Waals surface area (Å²) in [5.74, 6) is 1.43. The molecule has 3 fully saturated rings. The number of aliphatic hydroxyl groups excluding tert-OH is 1. The van der Waals surface area contributed by atoms with Gasteiger partial charge in [-0.15, -0.1) is 0 Å². The summed E-state index contributed by atoms with van der Waals surface area (Å²) >= 11 is 0. The maximum absolute atomic E-state index is 10.4. The first kappa shape index (κ1) is 21.7. The predicted molar refractivity (Wildman–Crippen MR) is 115 cm³/mol. The van der Waals surface area contributed by atoms with E-state index in [0.717, 1.165) is 38.8 Å². The fraction of sp³-hybridized carbons (Fsp3) is 0.909. The van der Waals surface area contributed by atoms with Gasteiger partial charge in [0.05, 0.1) is 18.4 Å². The highest BCUT2D eigenvalue weighted by molar-refractivity contribution is 5.18. The molecule has 29 heavy (non-hydrogen) atoms. The van der Waals surface area contributed by atoms with Crippen LogP contribution in [0.25, 0.3) is 0 Å². The number of ether oxygens (including phenoxy) is 1. The van der Waals surface area contributed by atoms with Crippen LogP contribution in [0.15, 0.2) is 11.6 Å². The van der Waals surface area contributed by atoms with Crippen LogP contribution in [0.5, 0.6) is 0 Å². The Hall–Kier alpha value is -0.540. The average Bonchev–Trinajstić information content (AvgIpc) is 2.92. The van der Waals surface area contributed by atoms with Gasteiger partial charge in [0.25, 0.3) is 0 Å². The normalized spacial score (nSPS) is 46.5. The molecule has 3 aliphatic heterocycles. The van der Waals surface area contributed by atoms with Crippen molar-refractivity contribution in [1.29, 1.82) is 0 Å². The van der Waals surface area contributed by atoms with E-state index in [-0.39, 0.29) is 12.4 Å². The van der Waals surface area contributed by atoms with E-state index >= 15 is 0 Å².